The number of sulfonamides is 1. The first-order valence-electron chi connectivity index (χ1n) is 9.97. The Labute approximate surface area is 192 Å². The Balaban J connectivity index is 1.82. The van der Waals surface area contributed by atoms with Crippen molar-refractivity contribution in [3.63, 3.8) is 0 Å². The molecule has 1 N–H and O–H groups in total. The van der Waals surface area contributed by atoms with Crippen molar-refractivity contribution in [1.29, 1.82) is 0 Å². The maximum absolute atomic E-state index is 13.3. The van der Waals surface area contributed by atoms with Crippen molar-refractivity contribution in [3.05, 3.63) is 88.8 Å². The van der Waals surface area contributed by atoms with E-state index in [9.17, 15) is 13.2 Å². The number of furan rings is 1. The van der Waals surface area contributed by atoms with Crippen LogP contribution in [0.1, 0.15) is 30.9 Å². The normalized spacial score (nSPS) is 12.0. The fourth-order valence-electron chi connectivity index (χ4n) is 2.78. The molecule has 3 aromatic rings. The lowest BCUT2D eigenvalue weighted by atomic mass is 10.2. The van der Waals surface area contributed by atoms with Crippen LogP contribution in [0.2, 0.25) is 5.02 Å². The molecule has 0 saturated heterocycles. The van der Waals surface area contributed by atoms with E-state index < -0.39 is 10.0 Å². The number of hydrogen-bond donors (Lipinski definition) is 1. The highest BCUT2D eigenvalue weighted by molar-refractivity contribution is 7.89. The predicted octanol–water partition coefficient (Wildman–Crippen LogP) is 4.43. The second-order valence-corrected chi connectivity index (χ2v) is 9.78. The van der Waals surface area contributed by atoms with Crippen LogP contribution < -0.4 is 5.43 Å². The average Bonchev–Trinajstić information content (AvgIpc) is 3.21. The molecule has 0 fully saturated rings. The van der Waals surface area contributed by atoms with Gasteiger partial charge in [-0.05, 0) is 42.0 Å². The van der Waals surface area contributed by atoms with Gasteiger partial charge in [0.1, 0.15) is 11.5 Å². The van der Waals surface area contributed by atoms with Crippen molar-refractivity contribution < 1.29 is 17.6 Å². The van der Waals surface area contributed by atoms with Gasteiger partial charge in [0.05, 0.1) is 17.7 Å². The lowest BCUT2D eigenvalue weighted by molar-refractivity contribution is -0.123. The van der Waals surface area contributed by atoms with Gasteiger partial charge in [-0.25, -0.2) is 13.8 Å². The number of amides is 1. The highest BCUT2D eigenvalue weighted by atomic mass is 35.5. The van der Waals surface area contributed by atoms with Gasteiger partial charge in [0, 0.05) is 17.5 Å². The van der Waals surface area contributed by atoms with Crippen LogP contribution in [0.5, 0.6) is 0 Å². The quantitative estimate of drug-likeness (QED) is 0.367. The molecule has 0 saturated carbocycles. The maximum atomic E-state index is 13.3. The van der Waals surface area contributed by atoms with Gasteiger partial charge in [0.25, 0.3) is 0 Å². The molecular weight excluding hydrogens is 450 g/mol. The highest BCUT2D eigenvalue weighted by Crippen LogP contribution is 2.23. The SMILES string of the molecule is CC(C)C(=O)N/N=C\c1ccc(CN(Cc2ccccc2)S(=O)(=O)c2ccc(Cl)cc2)o1. The highest BCUT2D eigenvalue weighted by Gasteiger charge is 2.26. The molecule has 32 heavy (non-hydrogen) atoms. The van der Waals surface area contributed by atoms with E-state index in [4.69, 9.17) is 16.0 Å². The van der Waals surface area contributed by atoms with Crippen LogP contribution in [0.15, 0.2) is 81.1 Å². The lowest BCUT2D eigenvalue weighted by Crippen LogP contribution is -2.30. The number of nitrogens with zero attached hydrogens (tertiary/aromatic N) is 2. The minimum Gasteiger partial charge on any atom is -0.459 e. The van der Waals surface area contributed by atoms with Gasteiger partial charge in [-0.2, -0.15) is 9.41 Å². The molecule has 3 rings (SSSR count). The van der Waals surface area contributed by atoms with Gasteiger partial charge in [0.2, 0.25) is 15.9 Å². The summed E-state index contributed by atoms with van der Waals surface area (Å²) in [5.74, 6) is 0.433. The van der Waals surface area contributed by atoms with Crippen LogP contribution in [-0.4, -0.2) is 24.8 Å². The van der Waals surface area contributed by atoms with Gasteiger partial charge in [0.15, 0.2) is 0 Å². The largest absolute Gasteiger partial charge is 0.459 e. The molecule has 1 aromatic heterocycles. The molecule has 1 amide bonds. The topological polar surface area (TPSA) is 92.0 Å². The number of nitrogens with one attached hydrogen (secondary N) is 1. The molecule has 0 atom stereocenters. The van der Waals surface area contributed by atoms with E-state index in [1.165, 1.54) is 22.7 Å². The first-order chi connectivity index (χ1) is 15.3. The Kier molecular flexibility index (Phi) is 7.84. The number of carbonyl (C=O) groups is 1. The zero-order valence-electron chi connectivity index (χ0n) is 17.7. The van der Waals surface area contributed by atoms with E-state index in [0.717, 1.165) is 5.56 Å². The molecule has 2 aromatic carbocycles. The van der Waals surface area contributed by atoms with E-state index in [0.29, 0.717) is 16.5 Å². The number of hydrazone groups is 1. The summed E-state index contributed by atoms with van der Waals surface area (Å²) in [5, 5.41) is 4.32. The number of halogens is 1. The van der Waals surface area contributed by atoms with Crippen LogP contribution >= 0.6 is 11.6 Å². The predicted molar refractivity (Wildman–Crippen MR) is 124 cm³/mol. The summed E-state index contributed by atoms with van der Waals surface area (Å²) in [6, 6.07) is 18.7. The van der Waals surface area contributed by atoms with Gasteiger partial charge < -0.3 is 4.42 Å². The summed E-state index contributed by atoms with van der Waals surface area (Å²) in [6.07, 6.45) is 1.37. The number of hydrogen-bond acceptors (Lipinski definition) is 5. The molecule has 0 spiro atoms. The Morgan fingerprint density at radius 2 is 1.75 bits per heavy atom. The molecule has 7 nitrogen and oxygen atoms in total. The Morgan fingerprint density at radius 1 is 1.06 bits per heavy atom. The molecule has 1 heterocycles. The monoisotopic (exact) mass is 473 g/mol. The molecule has 0 aliphatic heterocycles. The first-order valence-corrected chi connectivity index (χ1v) is 11.8. The third-order valence-electron chi connectivity index (χ3n) is 4.56. The lowest BCUT2D eigenvalue weighted by Gasteiger charge is -2.21. The summed E-state index contributed by atoms with van der Waals surface area (Å²) in [6.45, 7) is 3.71. The van der Waals surface area contributed by atoms with E-state index >= 15 is 0 Å². The summed E-state index contributed by atoms with van der Waals surface area (Å²) in [7, 11) is -3.82. The second kappa shape index (κ2) is 10.6. The second-order valence-electron chi connectivity index (χ2n) is 7.41. The molecule has 9 heteroatoms. The Bertz CT molecular complexity index is 1170. The molecule has 168 valence electrons. The van der Waals surface area contributed by atoms with Crippen molar-refractivity contribution in [3.8, 4) is 0 Å². The number of benzene rings is 2. The van der Waals surface area contributed by atoms with Crippen LogP contribution in [0.25, 0.3) is 0 Å². The molecule has 0 aliphatic carbocycles. The molecular formula is C23H24ClN3O4S. The minimum atomic E-state index is -3.82. The Hall–Kier alpha value is -2.94. The first kappa shape index (κ1) is 23.7. The van der Waals surface area contributed by atoms with Gasteiger partial charge in [-0.15, -0.1) is 0 Å². The summed E-state index contributed by atoms with van der Waals surface area (Å²) < 4.78 is 33.7. The van der Waals surface area contributed by atoms with Crippen molar-refractivity contribution in [1.82, 2.24) is 9.73 Å². The van der Waals surface area contributed by atoms with Crippen molar-refractivity contribution >= 4 is 33.7 Å². The fourth-order valence-corrected chi connectivity index (χ4v) is 4.30. The van der Waals surface area contributed by atoms with Gasteiger partial charge in [-0.3, -0.25) is 4.79 Å². The summed E-state index contributed by atoms with van der Waals surface area (Å²) >= 11 is 5.92. The number of carbonyl (C=O) groups excluding carboxylic acids is 1. The summed E-state index contributed by atoms with van der Waals surface area (Å²) in [4.78, 5) is 11.7. The molecule has 0 unspecified atom stereocenters. The standard InChI is InChI=1S/C23H24ClN3O4S/c1-17(2)23(28)26-25-14-20-10-11-21(31-20)16-27(15-18-6-4-3-5-7-18)32(29,30)22-12-8-19(24)9-13-22/h3-14,17H,15-16H2,1-2H3,(H,26,28)/b25-14-. The fraction of sp³-hybridized carbons (Fsp3) is 0.217. The molecule has 0 aliphatic rings. The Morgan fingerprint density at radius 3 is 2.41 bits per heavy atom. The zero-order valence-corrected chi connectivity index (χ0v) is 19.3. The van der Waals surface area contributed by atoms with E-state index in [2.05, 4.69) is 10.5 Å². The van der Waals surface area contributed by atoms with Crippen LogP contribution in [0, 0.1) is 5.92 Å². The molecule has 0 radical (unpaired) electrons. The van der Waals surface area contributed by atoms with Crippen molar-refractivity contribution in [2.45, 2.75) is 31.8 Å². The van der Waals surface area contributed by atoms with Crippen molar-refractivity contribution in [2.75, 3.05) is 0 Å². The summed E-state index contributed by atoms with van der Waals surface area (Å²) in [5.41, 5.74) is 3.26. The van der Waals surface area contributed by atoms with Crippen molar-refractivity contribution in [2.24, 2.45) is 11.0 Å². The van der Waals surface area contributed by atoms with Crippen LogP contribution in [-0.2, 0) is 27.9 Å². The average molecular weight is 474 g/mol. The zero-order chi connectivity index (χ0) is 23.1. The maximum Gasteiger partial charge on any atom is 0.243 e. The number of rotatable bonds is 9. The van der Waals surface area contributed by atoms with E-state index in [1.807, 2.05) is 30.3 Å². The van der Waals surface area contributed by atoms with Gasteiger partial charge >= 0.3 is 0 Å². The van der Waals surface area contributed by atoms with Crippen LogP contribution in [0.3, 0.4) is 0 Å². The third kappa shape index (κ3) is 6.29. The van der Waals surface area contributed by atoms with Crippen LogP contribution in [0.4, 0.5) is 0 Å². The van der Waals surface area contributed by atoms with E-state index in [-0.39, 0.29) is 29.8 Å². The van der Waals surface area contributed by atoms with Gasteiger partial charge in [-0.1, -0.05) is 55.8 Å². The minimum absolute atomic E-state index is 0.0199. The van der Waals surface area contributed by atoms with E-state index in [1.54, 1.807) is 38.1 Å². The smallest absolute Gasteiger partial charge is 0.243 e. The third-order valence-corrected chi connectivity index (χ3v) is 6.62. The molecule has 0 bridgehead atoms.